The summed E-state index contributed by atoms with van der Waals surface area (Å²) < 4.78 is 0. The third-order valence-electron chi connectivity index (χ3n) is 3.78. The van der Waals surface area contributed by atoms with Gasteiger partial charge in [-0.3, -0.25) is 14.5 Å². The van der Waals surface area contributed by atoms with Crippen molar-refractivity contribution in [3.8, 4) is 0 Å². The van der Waals surface area contributed by atoms with Crippen LogP contribution >= 0.6 is 0 Å². The number of carbonyl (C=O) groups is 2. The Balaban J connectivity index is 1.92. The molecule has 0 aromatic rings. The van der Waals surface area contributed by atoms with Gasteiger partial charge in [-0.05, 0) is 12.8 Å². The van der Waals surface area contributed by atoms with E-state index in [1.54, 1.807) is 0 Å². The quantitative estimate of drug-likeness (QED) is 0.693. The third kappa shape index (κ3) is 2.50. The average Bonchev–Trinajstić information content (AvgIpc) is 2.55. The largest absolute Gasteiger partial charge is 0.329 e. The lowest BCUT2D eigenvalue weighted by Crippen LogP contribution is -2.48. The second kappa shape index (κ2) is 5.14. The van der Waals surface area contributed by atoms with Crippen molar-refractivity contribution in [1.29, 1.82) is 0 Å². The highest BCUT2D eigenvalue weighted by Gasteiger charge is 2.40. The lowest BCUT2D eigenvalue weighted by molar-refractivity contribution is -0.143. The van der Waals surface area contributed by atoms with E-state index in [4.69, 9.17) is 5.73 Å². The molecule has 5 nitrogen and oxygen atoms in total. The van der Waals surface area contributed by atoms with Gasteiger partial charge in [0.2, 0.25) is 11.8 Å². The Kier molecular flexibility index (Phi) is 3.79. The molecule has 2 saturated heterocycles. The second-order valence-corrected chi connectivity index (χ2v) is 5.07. The van der Waals surface area contributed by atoms with Gasteiger partial charge in [0, 0.05) is 44.6 Å². The monoisotopic (exact) mass is 239 g/mol. The summed E-state index contributed by atoms with van der Waals surface area (Å²) in [5.41, 5.74) is 5.52. The van der Waals surface area contributed by atoms with Gasteiger partial charge in [0.15, 0.2) is 0 Å². The molecule has 0 bridgehead atoms. The summed E-state index contributed by atoms with van der Waals surface area (Å²) in [6.45, 7) is 5.29. The summed E-state index contributed by atoms with van der Waals surface area (Å²) in [6, 6.07) is 0.119. The number of hydrogen-bond acceptors (Lipinski definition) is 4. The predicted octanol–water partition coefficient (Wildman–Crippen LogP) is -0.195. The first kappa shape index (κ1) is 12.5. The lowest BCUT2D eigenvalue weighted by Gasteiger charge is -2.35. The van der Waals surface area contributed by atoms with Gasteiger partial charge in [0.1, 0.15) is 0 Å². The molecule has 2 rings (SSSR count). The van der Waals surface area contributed by atoms with Gasteiger partial charge < -0.3 is 10.6 Å². The number of nitrogens with zero attached hydrogens (tertiary/aromatic N) is 2. The van der Waals surface area contributed by atoms with Gasteiger partial charge in [-0.15, -0.1) is 0 Å². The number of rotatable bonds is 3. The van der Waals surface area contributed by atoms with E-state index in [9.17, 15) is 9.59 Å². The van der Waals surface area contributed by atoms with E-state index in [0.717, 1.165) is 32.5 Å². The first-order chi connectivity index (χ1) is 8.13. The molecule has 0 spiro atoms. The van der Waals surface area contributed by atoms with E-state index in [1.807, 2.05) is 6.92 Å². The first-order valence-corrected chi connectivity index (χ1v) is 6.41. The van der Waals surface area contributed by atoms with Crippen LogP contribution in [0.5, 0.6) is 0 Å². The van der Waals surface area contributed by atoms with Crippen LogP contribution in [0.25, 0.3) is 0 Å². The van der Waals surface area contributed by atoms with Crippen molar-refractivity contribution >= 4 is 11.8 Å². The number of nitrogens with two attached hydrogens (primary N) is 1. The summed E-state index contributed by atoms with van der Waals surface area (Å²) in [5, 5.41) is 0. The maximum atomic E-state index is 11.9. The molecule has 2 aliphatic heterocycles. The summed E-state index contributed by atoms with van der Waals surface area (Å²) in [5.74, 6) is -0.0865. The molecule has 1 unspecified atom stereocenters. The van der Waals surface area contributed by atoms with Crippen LogP contribution in [0, 0.1) is 5.92 Å². The molecule has 2 heterocycles. The van der Waals surface area contributed by atoms with Crippen LogP contribution < -0.4 is 5.73 Å². The fourth-order valence-corrected chi connectivity index (χ4v) is 2.78. The zero-order valence-corrected chi connectivity index (χ0v) is 10.4. The third-order valence-corrected chi connectivity index (χ3v) is 3.78. The number of carbonyl (C=O) groups excluding carboxylic acids is 2. The number of hydrogen-bond donors (Lipinski definition) is 1. The van der Waals surface area contributed by atoms with E-state index >= 15 is 0 Å². The number of piperidine rings is 1. The van der Waals surface area contributed by atoms with Crippen LogP contribution in [0.4, 0.5) is 0 Å². The minimum absolute atomic E-state index is 0.0137. The van der Waals surface area contributed by atoms with Crippen molar-refractivity contribution in [3.63, 3.8) is 0 Å². The molecule has 0 radical (unpaired) electrons. The molecule has 5 heteroatoms. The Bertz CT molecular complexity index is 311. The maximum absolute atomic E-state index is 11.9. The molecule has 0 aromatic heterocycles. The topological polar surface area (TPSA) is 66.6 Å². The van der Waals surface area contributed by atoms with Gasteiger partial charge in [0.05, 0.1) is 0 Å². The van der Waals surface area contributed by atoms with Crippen molar-refractivity contribution < 1.29 is 9.59 Å². The molecule has 2 fully saturated rings. The highest BCUT2D eigenvalue weighted by atomic mass is 16.2. The van der Waals surface area contributed by atoms with Crippen molar-refractivity contribution in [3.05, 3.63) is 0 Å². The van der Waals surface area contributed by atoms with Crippen molar-refractivity contribution in [2.75, 3.05) is 26.2 Å². The fraction of sp³-hybridized carbons (Fsp3) is 0.833. The zero-order chi connectivity index (χ0) is 12.4. The number of likely N-dealkylation sites (tertiary alicyclic amines) is 2. The van der Waals surface area contributed by atoms with E-state index in [0.29, 0.717) is 13.0 Å². The van der Waals surface area contributed by atoms with Gasteiger partial charge >= 0.3 is 0 Å². The van der Waals surface area contributed by atoms with Crippen molar-refractivity contribution in [2.45, 2.75) is 32.2 Å². The predicted molar refractivity (Wildman–Crippen MR) is 64.2 cm³/mol. The standard InChI is InChI=1S/C12H21N3O2/c1-9-8-11(16)15(12(9)17)10-2-5-14(6-3-10)7-4-13/h9-10H,2-8,13H2,1H3. The first-order valence-electron chi connectivity index (χ1n) is 6.41. The second-order valence-electron chi connectivity index (χ2n) is 5.07. The van der Waals surface area contributed by atoms with Crippen LogP contribution in [0.2, 0.25) is 0 Å². The molecule has 0 aromatic carbocycles. The van der Waals surface area contributed by atoms with Crippen molar-refractivity contribution in [1.82, 2.24) is 9.80 Å². The molecule has 2 amide bonds. The van der Waals surface area contributed by atoms with E-state index in [1.165, 1.54) is 4.90 Å². The molecule has 2 aliphatic rings. The Morgan fingerprint density at radius 1 is 1.29 bits per heavy atom. The molecule has 96 valence electrons. The number of imide groups is 1. The van der Waals surface area contributed by atoms with Crippen LogP contribution in [-0.2, 0) is 9.59 Å². The molecule has 0 aliphatic carbocycles. The normalized spacial score (nSPS) is 28.1. The van der Waals surface area contributed by atoms with Gasteiger partial charge in [0.25, 0.3) is 0 Å². The van der Waals surface area contributed by atoms with E-state index in [-0.39, 0.29) is 23.8 Å². The summed E-state index contributed by atoms with van der Waals surface area (Å²) in [4.78, 5) is 27.5. The molecule has 0 saturated carbocycles. The number of amides is 2. The molecule has 1 atom stereocenters. The Morgan fingerprint density at radius 3 is 2.41 bits per heavy atom. The Labute approximate surface area is 102 Å². The minimum Gasteiger partial charge on any atom is -0.329 e. The maximum Gasteiger partial charge on any atom is 0.232 e. The van der Waals surface area contributed by atoms with Crippen molar-refractivity contribution in [2.24, 2.45) is 11.7 Å². The van der Waals surface area contributed by atoms with Gasteiger partial charge in [-0.2, -0.15) is 0 Å². The van der Waals surface area contributed by atoms with Crippen LogP contribution in [-0.4, -0.2) is 53.8 Å². The minimum atomic E-state index is -0.121. The van der Waals surface area contributed by atoms with Crippen LogP contribution in [0.1, 0.15) is 26.2 Å². The van der Waals surface area contributed by atoms with Crippen LogP contribution in [0.15, 0.2) is 0 Å². The summed E-state index contributed by atoms with van der Waals surface area (Å²) >= 11 is 0. The average molecular weight is 239 g/mol. The zero-order valence-electron chi connectivity index (χ0n) is 10.4. The van der Waals surface area contributed by atoms with Gasteiger partial charge in [-0.1, -0.05) is 6.92 Å². The fourth-order valence-electron chi connectivity index (χ4n) is 2.78. The van der Waals surface area contributed by atoms with E-state index < -0.39 is 0 Å². The summed E-state index contributed by atoms with van der Waals surface area (Å²) in [6.07, 6.45) is 2.18. The Morgan fingerprint density at radius 2 is 1.94 bits per heavy atom. The SMILES string of the molecule is CC1CC(=O)N(C2CCN(CCN)CC2)C1=O. The van der Waals surface area contributed by atoms with Gasteiger partial charge in [-0.25, -0.2) is 0 Å². The molecule has 2 N–H and O–H groups in total. The molecular weight excluding hydrogens is 218 g/mol. The summed E-state index contributed by atoms with van der Waals surface area (Å²) in [7, 11) is 0. The van der Waals surface area contributed by atoms with Crippen LogP contribution in [0.3, 0.4) is 0 Å². The highest BCUT2D eigenvalue weighted by molar-refractivity contribution is 6.03. The van der Waals surface area contributed by atoms with E-state index in [2.05, 4.69) is 4.90 Å². The Hall–Kier alpha value is -0.940. The molecular formula is C12H21N3O2. The molecule has 17 heavy (non-hydrogen) atoms. The smallest absolute Gasteiger partial charge is 0.232 e. The lowest BCUT2D eigenvalue weighted by atomic mass is 10.0. The highest BCUT2D eigenvalue weighted by Crippen LogP contribution is 2.26.